The zero-order valence-corrected chi connectivity index (χ0v) is 17.9. The molecule has 3 rings (SSSR count). The molecule has 1 N–H and O–H groups in total. The van der Waals surface area contributed by atoms with Gasteiger partial charge in [0.05, 0.1) is 31.7 Å². The lowest BCUT2D eigenvalue weighted by Gasteiger charge is -2.10. The lowest BCUT2D eigenvalue weighted by molar-refractivity contribution is -0.118. The molecule has 0 radical (unpaired) electrons. The van der Waals surface area contributed by atoms with Crippen LogP contribution < -0.4 is 19.5 Å². The third kappa shape index (κ3) is 6.18. The Bertz CT molecular complexity index is 944. The van der Waals surface area contributed by atoms with E-state index in [0.29, 0.717) is 19.8 Å². The van der Waals surface area contributed by atoms with Crippen molar-refractivity contribution in [2.24, 2.45) is 0 Å². The van der Waals surface area contributed by atoms with Gasteiger partial charge in [0.2, 0.25) is 5.91 Å². The largest absolute Gasteiger partial charge is 0.497 e. The second-order valence-corrected chi connectivity index (χ2v) is 7.12. The van der Waals surface area contributed by atoms with Crippen LogP contribution in [-0.2, 0) is 4.79 Å². The van der Waals surface area contributed by atoms with Gasteiger partial charge in [0.25, 0.3) is 0 Å². The Morgan fingerprint density at radius 1 is 1.10 bits per heavy atom. The van der Waals surface area contributed by atoms with Crippen LogP contribution in [0.1, 0.15) is 6.92 Å². The molecule has 2 aromatic carbocycles. The fourth-order valence-corrected chi connectivity index (χ4v) is 3.50. The minimum absolute atomic E-state index is 0.0736. The first-order valence-corrected chi connectivity index (χ1v) is 10.6. The Morgan fingerprint density at radius 2 is 1.87 bits per heavy atom. The van der Waals surface area contributed by atoms with Gasteiger partial charge in [0.1, 0.15) is 23.9 Å². The highest BCUT2D eigenvalue weighted by Crippen LogP contribution is 2.23. The molecule has 8 heteroatoms. The Morgan fingerprint density at radius 3 is 2.60 bits per heavy atom. The van der Waals surface area contributed by atoms with Crippen LogP contribution in [0.2, 0.25) is 0 Å². The molecule has 0 bridgehead atoms. The normalized spacial score (nSPS) is 10.5. The minimum atomic E-state index is -0.0736. The third-order valence-corrected chi connectivity index (χ3v) is 5.07. The number of hydrogen-bond donors (Lipinski definition) is 1. The summed E-state index contributed by atoms with van der Waals surface area (Å²) >= 11 is 1.38. The third-order valence-electron chi connectivity index (χ3n) is 4.10. The molecule has 158 valence electrons. The Labute approximate surface area is 180 Å². The molecule has 0 aliphatic carbocycles. The first-order valence-electron chi connectivity index (χ1n) is 9.62. The van der Waals surface area contributed by atoms with Crippen LogP contribution in [0.4, 0.5) is 0 Å². The predicted molar refractivity (Wildman–Crippen MR) is 117 cm³/mol. The van der Waals surface area contributed by atoms with Gasteiger partial charge in [-0.3, -0.25) is 9.36 Å². The Kier molecular flexibility index (Phi) is 8.02. The highest BCUT2D eigenvalue weighted by Gasteiger charge is 2.09. The average molecular weight is 428 g/mol. The van der Waals surface area contributed by atoms with E-state index in [0.717, 1.165) is 28.1 Å². The molecule has 0 spiro atoms. The van der Waals surface area contributed by atoms with Crippen molar-refractivity contribution in [2.45, 2.75) is 12.1 Å². The van der Waals surface area contributed by atoms with E-state index < -0.39 is 0 Å². The Balaban J connectivity index is 1.41. The number of imidazole rings is 1. The van der Waals surface area contributed by atoms with E-state index in [1.54, 1.807) is 13.3 Å². The second kappa shape index (κ2) is 11.2. The van der Waals surface area contributed by atoms with Crippen molar-refractivity contribution in [3.8, 4) is 22.9 Å². The monoisotopic (exact) mass is 427 g/mol. The predicted octanol–water partition coefficient (Wildman–Crippen LogP) is 3.57. The summed E-state index contributed by atoms with van der Waals surface area (Å²) in [5.74, 6) is 2.51. The number of nitrogens with zero attached hydrogens (tertiary/aromatic N) is 2. The van der Waals surface area contributed by atoms with Crippen molar-refractivity contribution in [3.05, 3.63) is 60.9 Å². The molecular weight excluding hydrogens is 402 g/mol. The van der Waals surface area contributed by atoms with Gasteiger partial charge in [0.15, 0.2) is 5.16 Å². The van der Waals surface area contributed by atoms with Crippen LogP contribution in [0.25, 0.3) is 5.69 Å². The summed E-state index contributed by atoms with van der Waals surface area (Å²) in [5.41, 5.74) is 0.929. The number of aromatic nitrogens is 2. The van der Waals surface area contributed by atoms with Crippen molar-refractivity contribution < 1.29 is 19.0 Å². The van der Waals surface area contributed by atoms with E-state index in [4.69, 9.17) is 14.2 Å². The standard InChI is InChI=1S/C22H25N3O4S/c1-3-28-18-7-9-19(10-8-18)29-14-12-23-21(26)16-30-22-24-11-13-25(22)17-5-4-6-20(15-17)27-2/h4-11,13,15H,3,12,14,16H2,1-2H3,(H,23,26). The number of carbonyl (C=O) groups is 1. The number of methoxy groups -OCH3 is 1. The molecule has 0 fully saturated rings. The first kappa shape index (κ1) is 21.6. The molecular formula is C22H25N3O4S. The number of amides is 1. The minimum Gasteiger partial charge on any atom is -0.497 e. The lowest BCUT2D eigenvalue weighted by Crippen LogP contribution is -2.29. The number of hydrogen-bond acceptors (Lipinski definition) is 6. The summed E-state index contributed by atoms with van der Waals surface area (Å²) in [7, 11) is 1.63. The fourth-order valence-electron chi connectivity index (χ4n) is 2.69. The van der Waals surface area contributed by atoms with Crippen molar-refractivity contribution in [2.75, 3.05) is 32.6 Å². The zero-order chi connectivity index (χ0) is 21.2. The number of nitrogens with one attached hydrogen (secondary N) is 1. The molecule has 3 aromatic rings. The van der Waals surface area contributed by atoms with Crippen LogP contribution in [0.15, 0.2) is 66.1 Å². The van der Waals surface area contributed by atoms with Gasteiger partial charge in [-0.1, -0.05) is 17.8 Å². The van der Waals surface area contributed by atoms with Gasteiger partial charge < -0.3 is 19.5 Å². The van der Waals surface area contributed by atoms with E-state index >= 15 is 0 Å². The summed E-state index contributed by atoms with van der Waals surface area (Å²) in [5, 5.41) is 3.60. The summed E-state index contributed by atoms with van der Waals surface area (Å²) < 4.78 is 18.2. The van der Waals surface area contributed by atoms with E-state index in [-0.39, 0.29) is 11.7 Å². The van der Waals surface area contributed by atoms with Gasteiger partial charge >= 0.3 is 0 Å². The molecule has 0 unspecified atom stereocenters. The van der Waals surface area contributed by atoms with Crippen LogP contribution in [-0.4, -0.2) is 48.1 Å². The van der Waals surface area contributed by atoms with E-state index in [1.807, 2.05) is 66.2 Å². The molecule has 0 aliphatic heterocycles. The highest BCUT2D eigenvalue weighted by molar-refractivity contribution is 7.99. The molecule has 0 saturated heterocycles. The molecule has 0 saturated carbocycles. The zero-order valence-electron chi connectivity index (χ0n) is 17.0. The maximum absolute atomic E-state index is 12.2. The first-order chi connectivity index (χ1) is 14.7. The summed E-state index contributed by atoms with van der Waals surface area (Å²) in [4.78, 5) is 16.5. The van der Waals surface area contributed by atoms with E-state index in [1.165, 1.54) is 11.8 Å². The van der Waals surface area contributed by atoms with E-state index in [2.05, 4.69) is 10.3 Å². The number of ether oxygens (including phenoxy) is 3. The number of rotatable bonds is 11. The maximum Gasteiger partial charge on any atom is 0.230 e. The van der Waals surface area contributed by atoms with Gasteiger partial charge in [-0.15, -0.1) is 0 Å². The SMILES string of the molecule is CCOc1ccc(OCCNC(=O)CSc2nccn2-c2cccc(OC)c2)cc1. The molecule has 1 heterocycles. The molecule has 30 heavy (non-hydrogen) atoms. The van der Waals surface area contributed by atoms with Crippen LogP contribution in [0.3, 0.4) is 0 Å². The Hall–Kier alpha value is -3.13. The molecule has 0 aliphatic rings. The molecule has 1 aromatic heterocycles. The fraction of sp³-hybridized carbons (Fsp3) is 0.273. The highest BCUT2D eigenvalue weighted by atomic mass is 32.2. The number of thioether (sulfide) groups is 1. The van der Waals surface area contributed by atoms with Crippen molar-refractivity contribution in [3.63, 3.8) is 0 Å². The molecule has 7 nitrogen and oxygen atoms in total. The van der Waals surface area contributed by atoms with Gasteiger partial charge in [-0.2, -0.15) is 0 Å². The summed E-state index contributed by atoms with van der Waals surface area (Å²) in [6.07, 6.45) is 3.57. The van der Waals surface area contributed by atoms with Crippen LogP contribution >= 0.6 is 11.8 Å². The molecule has 0 atom stereocenters. The van der Waals surface area contributed by atoms with Gasteiger partial charge in [0, 0.05) is 18.5 Å². The van der Waals surface area contributed by atoms with Gasteiger partial charge in [-0.25, -0.2) is 4.98 Å². The maximum atomic E-state index is 12.2. The summed E-state index contributed by atoms with van der Waals surface area (Å²) in [6.45, 7) is 3.39. The van der Waals surface area contributed by atoms with Gasteiger partial charge in [-0.05, 0) is 43.3 Å². The average Bonchev–Trinajstić information content (AvgIpc) is 3.25. The van der Waals surface area contributed by atoms with Crippen molar-refractivity contribution in [1.82, 2.24) is 14.9 Å². The van der Waals surface area contributed by atoms with Crippen LogP contribution in [0.5, 0.6) is 17.2 Å². The quantitative estimate of drug-likeness (QED) is 0.373. The van der Waals surface area contributed by atoms with Crippen molar-refractivity contribution >= 4 is 17.7 Å². The second-order valence-electron chi connectivity index (χ2n) is 6.17. The topological polar surface area (TPSA) is 74.6 Å². The van der Waals surface area contributed by atoms with E-state index in [9.17, 15) is 4.79 Å². The smallest absolute Gasteiger partial charge is 0.230 e. The van der Waals surface area contributed by atoms with Crippen LogP contribution in [0, 0.1) is 0 Å². The number of benzene rings is 2. The summed E-state index contributed by atoms with van der Waals surface area (Å²) in [6, 6.07) is 15.1. The lowest BCUT2D eigenvalue weighted by atomic mass is 10.3. The number of carbonyl (C=O) groups excluding carboxylic acids is 1. The van der Waals surface area contributed by atoms with Crippen molar-refractivity contribution in [1.29, 1.82) is 0 Å². The molecule has 1 amide bonds.